The second kappa shape index (κ2) is 9.11. The van der Waals surface area contributed by atoms with Crippen LogP contribution < -0.4 is 5.32 Å². The molecule has 0 radical (unpaired) electrons. The SMILES string of the molecule is O=C(NCCN1CCOCC1)c1sc2c(cnc3ccc(Cl)cc32)c1-c1ccc(F)cc1. The Balaban J connectivity index is 1.54. The maximum atomic E-state index is 13.6. The normalized spacial score (nSPS) is 14.8. The molecule has 0 aliphatic carbocycles. The van der Waals surface area contributed by atoms with Crippen molar-refractivity contribution in [3.63, 3.8) is 0 Å². The Morgan fingerprint density at radius 3 is 2.72 bits per heavy atom. The minimum absolute atomic E-state index is 0.144. The van der Waals surface area contributed by atoms with Crippen LogP contribution in [0, 0.1) is 5.82 Å². The smallest absolute Gasteiger partial charge is 0.262 e. The number of thiophene rings is 1. The summed E-state index contributed by atoms with van der Waals surface area (Å²) in [7, 11) is 0. The van der Waals surface area contributed by atoms with Crippen molar-refractivity contribution in [1.82, 2.24) is 15.2 Å². The number of nitrogens with zero attached hydrogens (tertiary/aromatic N) is 2. The molecule has 0 atom stereocenters. The van der Waals surface area contributed by atoms with Crippen LogP contribution in [0.3, 0.4) is 0 Å². The third-order valence-electron chi connectivity index (χ3n) is 5.64. The van der Waals surface area contributed by atoms with E-state index in [1.54, 1.807) is 24.4 Å². The molecule has 164 valence electrons. The third-order valence-corrected chi connectivity index (χ3v) is 7.11. The summed E-state index contributed by atoms with van der Waals surface area (Å²) in [5.41, 5.74) is 2.36. The Bertz CT molecular complexity index is 1290. The fraction of sp³-hybridized carbons (Fsp3) is 0.250. The van der Waals surface area contributed by atoms with E-state index < -0.39 is 0 Å². The van der Waals surface area contributed by atoms with Crippen LogP contribution in [0.2, 0.25) is 5.02 Å². The van der Waals surface area contributed by atoms with Crippen molar-refractivity contribution in [1.29, 1.82) is 0 Å². The van der Waals surface area contributed by atoms with Gasteiger partial charge in [-0.3, -0.25) is 14.7 Å². The molecule has 1 fully saturated rings. The average Bonchev–Trinajstić information content (AvgIpc) is 3.20. The second-order valence-electron chi connectivity index (χ2n) is 7.69. The van der Waals surface area contributed by atoms with Gasteiger partial charge in [0.15, 0.2) is 0 Å². The van der Waals surface area contributed by atoms with E-state index in [1.165, 1.54) is 23.5 Å². The summed E-state index contributed by atoms with van der Waals surface area (Å²) in [5.74, 6) is -0.464. The summed E-state index contributed by atoms with van der Waals surface area (Å²) >= 11 is 7.66. The highest BCUT2D eigenvalue weighted by Gasteiger charge is 2.22. The molecule has 0 spiro atoms. The Morgan fingerprint density at radius 1 is 1.16 bits per heavy atom. The molecule has 1 aliphatic heterocycles. The van der Waals surface area contributed by atoms with Crippen LogP contribution in [0.25, 0.3) is 32.1 Å². The van der Waals surface area contributed by atoms with E-state index in [0.29, 0.717) is 16.4 Å². The third kappa shape index (κ3) is 4.21. The highest BCUT2D eigenvalue weighted by molar-refractivity contribution is 7.22. The van der Waals surface area contributed by atoms with Crippen LogP contribution in [0.5, 0.6) is 0 Å². The molecule has 3 heterocycles. The first kappa shape index (κ1) is 21.3. The van der Waals surface area contributed by atoms with Crippen molar-refractivity contribution < 1.29 is 13.9 Å². The Kier molecular flexibility index (Phi) is 6.06. The number of fused-ring (bicyclic) bond motifs is 3. The molecule has 1 amide bonds. The van der Waals surface area contributed by atoms with Crippen LogP contribution in [0.15, 0.2) is 48.7 Å². The molecule has 1 saturated heterocycles. The summed E-state index contributed by atoms with van der Waals surface area (Å²) in [6.07, 6.45) is 1.78. The number of halogens is 2. The number of hydrogen-bond donors (Lipinski definition) is 1. The lowest BCUT2D eigenvalue weighted by Gasteiger charge is -2.26. The predicted molar refractivity (Wildman–Crippen MR) is 127 cm³/mol. The van der Waals surface area contributed by atoms with E-state index in [2.05, 4.69) is 15.2 Å². The number of carbonyl (C=O) groups excluding carboxylic acids is 1. The monoisotopic (exact) mass is 469 g/mol. The summed E-state index contributed by atoms with van der Waals surface area (Å²) < 4.78 is 19.9. The minimum Gasteiger partial charge on any atom is -0.379 e. The molecule has 2 aromatic carbocycles. The van der Waals surface area contributed by atoms with Gasteiger partial charge in [-0.2, -0.15) is 0 Å². The minimum atomic E-state index is -0.319. The molecule has 1 aliphatic rings. The van der Waals surface area contributed by atoms with E-state index in [0.717, 1.165) is 65.0 Å². The second-order valence-corrected chi connectivity index (χ2v) is 9.14. The number of amides is 1. The topological polar surface area (TPSA) is 54.5 Å². The lowest BCUT2D eigenvalue weighted by Crippen LogP contribution is -2.41. The lowest BCUT2D eigenvalue weighted by molar-refractivity contribution is 0.0383. The van der Waals surface area contributed by atoms with E-state index in [4.69, 9.17) is 16.3 Å². The van der Waals surface area contributed by atoms with Gasteiger partial charge in [-0.1, -0.05) is 23.7 Å². The largest absolute Gasteiger partial charge is 0.379 e. The van der Waals surface area contributed by atoms with Gasteiger partial charge in [0.2, 0.25) is 0 Å². The molecular weight excluding hydrogens is 449 g/mol. The summed E-state index contributed by atoms with van der Waals surface area (Å²) in [4.78, 5) is 20.7. The van der Waals surface area contributed by atoms with Crippen LogP contribution in [0.4, 0.5) is 4.39 Å². The van der Waals surface area contributed by atoms with E-state index in [-0.39, 0.29) is 11.7 Å². The first-order valence-electron chi connectivity index (χ1n) is 10.4. The first-order valence-corrected chi connectivity index (χ1v) is 11.6. The van der Waals surface area contributed by atoms with Gasteiger partial charge in [0.05, 0.1) is 18.7 Å². The molecule has 0 unspecified atom stereocenters. The molecule has 32 heavy (non-hydrogen) atoms. The number of hydrogen-bond acceptors (Lipinski definition) is 5. The summed E-state index contributed by atoms with van der Waals surface area (Å²) in [6.45, 7) is 4.51. The van der Waals surface area contributed by atoms with E-state index in [9.17, 15) is 9.18 Å². The van der Waals surface area contributed by atoms with Crippen LogP contribution in [-0.2, 0) is 4.74 Å². The van der Waals surface area contributed by atoms with Crippen molar-refractivity contribution in [2.45, 2.75) is 0 Å². The molecule has 2 aromatic heterocycles. The van der Waals surface area contributed by atoms with Crippen molar-refractivity contribution in [2.75, 3.05) is 39.4 Å². The molecule has 0 bridgehead atoms. The molecule has 0 saturated carbocycles. The highest BCUT2D eigenvalue weighted by atomic mass is 35.5. The van der Waals surface area contributed by atoms with Gasteiger partial charge in [-0.25, -0.2) is 4.39 Å². The molecule has 1 N–H and O–H groups in total. The van der Waals surface area contributed by atoms with Crippen LogP contribution >= 0.6 is 22.9 Å². The number of ether oxygens (including phenoxy) is 1. The number of aromatic nitrogens is 1. The van der Waals surface area contributed by atoms with Crippen molar-refractivity contribution in [2.24, 2.45) is 0 Å². The fourth-order valence-corrected chi connectivity index (χ4v) is 5.41. The average molecular weight is 470 g/mol. The number of rotatable bonds is 5. The maximum Gasteiger partial charge on any atom is 0.262 e. The molecule has 5 nitrogen and oxygen atoms in total. The van der Waals surface area contributed by atoms with Gasteiger partial charge >= 0.3 is 0 Å². The van der Waals surface area contributed by atoms with Crippen molar-refractivity contribution in [3.05, 3.63) is 64.4 Å². The van der Waals surface area contributed by atoms with Crippen LogP contribution in [0.1, 0.15) is 9.67 Å². The predicted octanol–water partition coefficient (Wildman–Crippen LogP) is 4.97. The van der Waals surface area contributed by atoms with Gasteiger partial charge in [0, 0.05) is 58.4 Å². The quantitative estimate of drug-likeness (QED) is 0.448. The Morgan fingerprint density at radius 2 is 1.94 bits per heavy atom. The molecule has 5 rings (SSSR count). The zero-order chi connectivity index (χ0) is 22.1. The van der Waals surface area contributed by atoms with Crippen molar-refractivity contribution >= 4 is 49.8 Å². The number of carbonyl (C=O) groups is 1. The maximum absolute atomic E-state index is 13.6. The molecular formula is C24H21ClFN3O2S. The lowest BCUT2D eigenvalue weighted by atomic mass is 10.0. The van der Waals surface area contributed by atoms with Crippen molar-refractivity contribution in [3.8, 4) is 11.1 Å². The van der Waals surface area contributed by atoms with Gasteiger partial charge in [-0.15, -0.1) is 11.3 Å². The van der Waals surface area contributed by atoms with Gasteiger partial charge in [0.1, 0.15) is 10.7 Å². The number of nitrogens with one attached hydrogen (secondary N) is 1. The van der Waals surface area contributed by atoms with Crippen LogP contribution in [-0.4, -0.2) is 55.2 Å². The first-order chi connectivity index (χ1) is 15.6. The van der Waals surface area contributed by atoms with Gasteiger partial charge < -0.3 is 10.1 Å². The van der Waals surface area contributed by atoms with Gasteiger partial charge in [-0.05, 0) is 35.9 Å². The van der Waals surface area contributed by atoms with E-state index in [1.807, 2.05) is 12.1 Å². The number of morpholine rings is 1. The summed E-state index contributed by atoms with van der Waals surface area (Å²) in [5, 5.41) is 5.42. The highest BCUT2D eigenvalue weighted by Crippen LogP contribution is 2.42. The Hall–Kier alpha value is -2.58. The standard InChI is InChI=1S/C24H21ClFN3O2S/c25-16-3-6-20-18(13-16)22-19(14-28-20)21(15-1-4-17(26)5-2-15)23(32-22)24(30)27-7-8-29-9-11-31-12-10-29/h1-6,13-14H,7-12H2,(H,27,30). The zero-order valence-corrected chi connectivity index (χ0v) is 18.8. The number of benzene rings is 2. The number of pyridine rings is 1. The Labute approximate surface area is 193 Å². The van der Waals surface area contributed by atoms with Gasteiger partial charge in [0.25, 0.3) is 5.91 Å². The zero-order valence-electron chi connectivity index (χ0n) is 17.2. The summed E-state index contributed by atoms with van der Waals surface area (Å²) in [6, 6.07) is 11.8. The molecule has 8 heteroatoms. The fourth-order valence-electron chi connectivity index (χ4n) is 4.00. The van der Waals surface area contributed by atoms with E-state index >= 15 is 0 Å². The molecule has 4 aromatic rings.